The van der Waals surface area contributed by atoms with Gasteiger partial charge in [-0.15, -0.1) is 0 Å². The van der Waals surface area contributed by atoms with Gasteiger partial charge in [-0.25, -0.2) is 9.18 Å². The molecule has 1 aromatic rings. The van der Waals surface area contributed by atoms with Crippen LogP contribution in [0.3, 0.4) is 0 Å². The molecule has 0 bridgehead atoms. The molecular formula is C25H36FN3O4. The number of likely N-dealkylation sites (tertiary alicyclic amines) is 1. The number of carbonyl (C=O) groups excluding carboxylic acids is 2. The normalized spacial score (nSPS) is 24.8. The molecule has 0 radical (unpaired) electrons. The summed E-state index contributed by atoms with van der Waals surface area (Å²) in [6.07, 6.45) is 4.17. The molecular weight excluding hydrogens is 425 g/mol. The van der Waals surface area contributed by atoms with E-state index in [1.165, 1.54) is 36.3 Å². The van der Waals surface area contributed by atoms with Crippen LogP contribution in [0.1, 0.15) is 52.9 Å². The van der Waals surface area contributed by atoms with Crippen molar-refractivity contribution in [2.24, 2.45) is 0 Å². The van der Waals surface area contributed by atoms with Crippen LogP contribution in [-0.2, 0) is 9.53 Å². The zero-order valence-corrected chi connectivity index (χ0v) is 20.0. The first-order valence-corrected chi connectivity index (χ1v) is 12.1. The number of halogens is 1. The van der Waals surface area contributed by atoms with Gasteiger partial charge in [0.05, 0.1) is 6.54 Å². The zero-order valence-electron chi connectivity index (χ0n) is 20.0. The molecule has 0 unspecified atom stereocenters. The number of carbonyl (C=O) groups is 2. The molecule has 2 amide bonds. The zero-order chi connectivity index (χ0) is 23.6. The predicted molar refractivity (Wildman–Crippen MR) is 123 cm³/mol. The van der Waals surface area contributed by atoms with Gasteiger partial charge in [0, 0.05) is 44.7 Å². The van der Waals surface area contributed by atoms with Gasteiger partial charge < -0.3 is 14.4 Å². The first-order valence-electron chi connectivity index (χ1n) is 12.1. The van der Waals surface area contributed by atoms with Crippen molar-refractivity contribution < 1.29 is 23.5 Å². The minimum absolute atomic E-state index is 0.0540. The van der Waals surface area contributed by atoms with Crippen LogP contribution < -0.4 is 4.74 Å². The van der Waals surface area contributed by atoms with Gasteiger partial charge in [-0.1, -0.05) is 12.5 Å². The Morgan fingerprint density at radius 1 is 1.06 bits per heavy atom. The summed E-state index contributed by atoms with van der Waals surface area (Å²) < 4.78 is 25.2. The van der Waals surface area contributed by atoms with Crippen molar-refractivity contribution in [3.63, 3.8) is 0 Å². The molecule has 1 saturated carbocycles. The van der Waals surface area contributed by atoms with Gasteiger partial charge in [-0.2, -0.15) is 0 Å². The van der Waals surface area contributed by atoms with Crippen LogP contribution >= 0.6 is 0 Å². The van der Waals surface area contributed by atoms with Crippen molar-refractivity contribution in [1.82, 2.24) is 14.7 Å². The molecule has 2 atom stereocenters. The van der Waals surface area contributed by atoms with Crippen LogP contribution in [0.15, 0.2) is 24.3 Å². The topological polar surface area (TPSA) is 62.3 Å². The van der Waals surface area contributed by atoms with Gasteiger partial charge in [-0.3, -0.25) is 14.6 Å². The van der Waals surface area contributed by atoms with Crippen LogP contribution in [0.5, 0.6) is 5.75 Å². The molecule has 0 spiro atoms. The smallest absolute Gasteiger partial charge is 0.411 e. The lowest BCUT2D eigenvalue weighted by atomic mass is 9.91. The lowest BCUT2D eigenvalue weighted by molar-refractivity contribution is -0.135. The first-order chi connectivity index (χ1) is 15.7. The maximum absolute atomic E-state index is 13.6. The van der Waals surface area contributed by atoms with E-state index in [9.17, 15) is 14.0 Å². The van der Waals surface area contributed by atoms with Gasteiger partial charge in [0.1, 0.15) is 29.3 Å². The minimum atomic E-state index is -0.669. The van der Waals surface area contributed by atoms with E-state index in [4.69, 9.17) is 9.47 Å². The number of benzene rings is 1. The Bertz CT molecular complexity index is 854. The van der Waals surface area contributed by atoms with Gasteiger partial charge >= 0.3 is 6.09 Å². The second-order valence-electron chi connectivity index (χ2n) is 10.4. The molecule has 0 aromatic heterocycles. The minimum Gasteiger partial charge on any atom is -0.488 e. The SMILES string of the molecule is CC(C)(C)OC(=O)N1C[C@@H](Oc2cccc(F)c2)C[C@@H]1C(=O)N1CCCN(C2CCC2)CC1. The van der Waals surface area contributed by atoms with E-state index < -0.39 is 23.8 Å². The highest BCUT2D eigenvalue weighted by atomic mass is 19.1. The highest BCUT2D eigenvalue weighted by Gasteiger charge is 2.44. The molecule has 3 aliphatic rings. The van der Waals surface area contributed by atoms with E-state index in [-0.39, 0.29) is 18.3 Å². The van der Waals surface area contributed by atoms with Crippen LogP contribution in [0.2, 0.25) is 0 Å². The molecule has 2 saturated heterocycles. The summed E-state index contributed by atoms with van der Waals surface area (Å²) in [6.45, 7) is 8.90. The number of hydrogen-bond donors (Lipinski definition) is 0. The largest absolute Gasteiger partial charge is 0.488 e. The molecule has 0 N–H and O–H groups in total. The summed E-state index contributed by atoms with van der Waals surface area (Å²) >= 11 is 0. The summed E-state index contributed by atoms with van der Waals surface area (Å²) in [5.74, 6) is -0.0486. The molecule has 1 aromatic carbocycles. The molecule has 2 heterocycles. The van der Waals surface area contributed by atoms with Crippen molar-refractivity contribution in [3.8, 4) is 5.75 Å². The van der Waals surface area contributed by atoms with E-state index in [1.54, 1.807) is 12.1 Å². The summed E-state index contributed by atoms with van der Waals surface area (Å²) in [7, 11) is 0. The van der Waals surface area contributed by atoms with Gasteiger partial charge in [0.25, 0.3) is 0 Å². The lowest BCUT2D eigenvalue weighted by Crippen LogP contribution is -2.50. The van der Waals surface area contributed by atoms with Crippen LogP contribution in [0.25, 0.3) is 0 Å². The fraction of sp³-hybridized carbons (Fsp3) is 0.680. The van der Waals surface area contributed by atoms with Gasteiger partial charge in [-0.05, 0) is 52.2 Å². The Hall–Kier alpha value is -2.35. The molecule has 33 heavy (non-hydrogen) atoms. The summed E-state index contributed by atoms with van der Waals surface area (Å²) in [6, 6.07) is 5.95. The Morgan fingerprint density at radius 3 is 2.52 bits per heavy atom. The molecule has 3 fully saturated rings. The maximum atomic E-state index is 13.6. The monoisotopic (exact) mass is 461 g/mol. The number of amides is 2. The third kappa shape index (κ3) is 5.96. The molecule has 1 aliphatic carbocycles. The van der Waals surface area contributed by atoms with E-state index in [0.717, 1.165) is 19.5 Å². The Kier molecular flexibility index (Phi) is 7.12. The van der Waals surface area contributed by atoms with Crippen molar-refractivity contribution in [2.75, 3.05) is 32.7 Å². The molecule has 8 heteroatoms. The van der Waals surface area contributed by atoms with Crippen molar-refractivity contribution in [1.29, 1.82) is 0 Å². The van der Waals surface area contributed by atoms with Crippen molar-refractivity contribution in [3.05, 3.63) is 30.1 Å². The average Bonchev–Trinajstić information content (AvgIpc) is 2.96. The fourth-order valence-corrected chi connectivity index (χ4v) is 4.86. The second-order valence-corrected chi connectivity index (χ2v) is 10.4. The molecule has 4 rings (SSSR count). The fourth-order valence-electron chi connectivity index (χ4n) is 4.86. The number of nitrogens with zero attached hydrogens (tertiary/aromatic N) is 3. The standard InChI is InChI=1S/C25H36FN3O4/c1-25(2,3)33-24(31)29-17-21(32-20-10-4-7-18(26)15-20)16-22(29)23(30)28-12-6-11-27(13-14-28)19-8-5-9-19/h4,7,10,15,19,21-22H,5-6,8-9,11-14,16-17H2,1-3H3/t21-,22+/m0/s1. The van der Waals surface area contributed by atoms with Crippen molar-refractivity contribution >= 4 is 12.0 Å². The number of hydrogen-bond acceptors (Lipinski definition) is 5. The van der Waals surface area contributed by atoms with E-state index in [2.05, 4.69) is 4.90 Å². The van der Waals surface area contributed by atoms with Crippen molar-refractivity contribution in [2.45, 2.75) is 76.7 Å². The Balaban J connectivity index is 1.46. The second kappa shape index (κ2) is 9.87. The summed E-state index contributed by atoms with van der Waals surface area (Å²) in [4.78, 5) is 32.5. The predicted octanol–water partition coefficient (Wildman–Crippen LogP) is 3.67. The summed E-state index contributed by atoms with van der Waals surface area (Å²) in [5, 5.41) is 0. The quantitative estimate of drug-likeness (QED) is 0.685. The van der Waals surface area contributed by atoms with E-state index >= 15 is 0 Å². The first kappa shape index (κ1) is 23.8. The van der Waals surface area contributed by atoms with Crippen LogP contribution in [0.4, 0.5) is 9.18 Å². The number of ether oxygens (including phenoxy) is 2. The van der Waals surface area contributed by atoms with Gasteiger partial charge in [0.15, 0.2) is 0 Å². The van der Waals surface area contributed by atoms with E-state index in [0.29, 0.717) is 31.3 Å². The third-order valence-corrected chi connectivity index (χ3v) is 6.71. The highest BCUT2D eigenvalue weighted by molar-refractivity contribution is 5.86. The van der Waals surface area contributed by atoms with Gasteiger partial charge in [0.2, 0.25) is 5.91 Å². The average molecular weight is 462 g/mol. The summed E-state index contributed by atoms with van der Waals surface area (Å²) in [5.41, 5.74) is -0.669. The maximum Gasteiger partial charge on any atom is 0.411 e. The van der Waals surface area contributed by atoms with E-state index in [1.807, 2.05) is 25.7 Å². The molecule has 2 aliphatic heterocycles. The third-order valence-electron chi connectivity index (χ3n) is 6.71. The number of rotatable bonds is 4. The lowest BCUT2D eigenvalue weighted by Gasteiger charge is -2.37. The van der Waals surface area contributed by atoms with Crippen LogP contribution in [-0.4, -0.2) is 83.2 Å². The Morgan fingerprint density at radius 2 is 1.85 bits per heavy atom. The van der Waals surface area contributed by atoms with Crippen LogP contribution in [0, 0.1) is 5.82 Å². The highest BCUT2D eigenvalue weighted by Crippen LogP contribution is 2.29. The molecule has 7 nitrogen and oxygen atoms in total. The Labute approximate surface area is 195 Å². The molecule has 182 valence electrons.